The molecule has 66 valence electrons. The molecule has 3 heteroatoms. The maximum atomic E-state index is 11.4. The van der Waals surface area contributed by atoms with Gasteiger partial charge in [-0.2, -0.15) is 0 Å². The molecule has 1 unspecified atom stereocenters. The van der Waals surface area contributed by atoms with E-state index in [-0.39, 0.29) is 11.9 Å². The standard InChI is InChI=1S/C8H18N2O/c1-6-7(9(2)3)8(11)10(4)5/h7H,6H2,1-5H3. The van der Waals surface area contributed by atoms with Crippen molar-refractivity contribution in [3.8, 4) is 0 Å². The third-order valence-electron chi connectivity index (χ3n) is 1.74. The summed E-state index contributed by atoms with van der Waals surface area (Å²) in [6.07, 6.45) is 0.865. The van der Waals surface area contributed by atoms with Crippen LogP contribution in [0, 0.1) is 0 Å². The van der Waals surface area contributed by atoms with E-state index in [4.69, 9.17) is 0 Å². The molecule has 0 saturated carbocycles. The normalized spacial score (nSPS) is 13.3. The molecule has 0 N–H and O–H groups in total. The second-order valence-corrected chi connectivity index (χ2v) is 3.12. The molecule has 0 aromatic rings. The zero-order chi connectivity index (χ0) is 9.02. The molecule has 0 spiro atoms. The first-order valence-electron chi connectivity index (χ1n) is 3.88. The van der Waals surface area contributed by atoms with E-state index in [1.165, 1.54) is 0 Å². The van der Waals surface area contributed by atoms with Gasteiger partial charge in [-0.15, -0.1) is 0 Å². The second kappa shape index (κ2) is 4.34. The molecule has 0 aliphatic heterocycles. The van der Waals surface area contributed by atoms with Crippen LogP contribution in [-0.2, 0) is 4.79 Å². The Morgan fingerprint density at radius 1 is 1.27 bits per heavy atom. The van der Waals surface area contributed by atoms with E-state index in [2.05, 4.69) is 0 Å². The van der Waals surface area contributed by atoms with Gasteiger partial charge in [-0.05, 0) is 20.5 Å². The van der Waals surface area contributed by atoms with Gasteiger partial charge in [0, 0.05) is 14.1 Å². The summed E-state index contributed by atoms with van der Waals surface area (Å²) in [6, 6.07) is 0.0324. The molecule has 0 aliphatic carbocycles. The zero-order valence-electron chi connectivity index (χ0n) is 8.09. The van der Waals surface area contributed by atoms with Gasteiger partial charge in [-0.3, -0.25) is 9.69 Å². The number of rotatable bonds is 3. The Bertz CT molecular complexity index is 132. The summed E-state index contributed by atoms with van der Waals surface area (Å²) >= 11 is 0. The van der Waals surface area contributed by atoms with Gasteiger partial charge in [0.15, 0.2) is 0 Å². The average Bonchev–Trinajstić information content (AvgIpc) is 1.88. The van der Waals surface area contributed by atoms with E-state index in [1.54, 1.807) is 19.0 Å². The van der Waals surface area contributed by atoms with Crippen molar-refractivity contribution in [2.75, 3.05) is 28.2 Å². The molecule has 0 aromatic heterocycles. The first-order valence-corrected chi connectivity index (χ1v) is 3.88. The quantitative estimate of drug-likeness (QED) is 0.594. The molecule has 11 heavy (non-hydrogen) atoms. The van der Waals surface area contributed by atoms with Crippen LogP contribution in [0.15, 0.2) is 0 Å². The Hall–Kier alpha value is -0.570. The minimum absolute atomic E-state index is 0.0324. The lowest BCUT2D eigenvalue weighted by Crippen LogP contribution is -2.42. The zero-order valence-corrected chi connectivity index (χ0v) is 8.09. The molecule has 1 atom stereocenters. The molecule has 0 bridgehead atoms. The summed E-state index contributed by atoms with van der Waals surface area (Å²) < 4.78 is 0. The first-order chi connectivity index (χ1) is 5.00. The van der Waals surface area contributed by atoms with E-state index < -0.39 is 0 Å². The van der Waals surface area contributed by atoms with Crippen LogP contribution in [0.3, 0.4) is 0 Å². The fourth-order valence-electron chi connectivity index (χ4n) is 1.06. The van der Waals surface area contributed by atoms with E-state index in [0.29, 0.717) is 0 Å². The molecule has 0 heterocycles. The lowest BCUT2D eigenvalue weighted by atomic mass is 10.2. The van der Waals surface area contributed by atoms with Crippen molar-refractivity contribution in [1.29, 1.82) is 0 Å². The molecule has 0 rings (SSSR count). The smallest absolute Gasteiger partial charge is 0.239 e. The molecule has 3 nitrogen and oxygen atoms in total. The van der Waals surface area contributed by atoms with Gasteiger partial charge in [-0.25, -0.2) is 0 Å². The fourth-order valence-corrected chi connectivity index (χ4v) is 1.06. The van der Waals surface area contributed by atoms with Crippen LogP contribution >= 0.6 is 0 Å². The molecule has 0 saturated heterocycles. The number of amides is 1. The van der Waals surface area contributed by atoms with E-state index in [9.17, 15) is 4.79 Å². The second-order valence-electron chi connectivity index (χ2n) is 3.12. The Morgan fingerprint density at radius 2 is 1.73 bits per heavy atom. The summed E-state index contributed by atoms with van der Waals surface area (Å²) in [5, 5.41) is 0. The molecule has 0 aromatic carbocycles. The summed E-state index contributed by atoms with van der Waals surface area (Å²) in [5.74, 6) is 0.178. The Balaban J connectivity index is 4.15. The van der Waals surface area contributed by atoms with Gasteiger partial charge in [0.2, 0.25) is 5.91 Å². The number of carbonyl (C=O) groups is 1. The fraction of sp³-hybridized carbons (Fsp3) is 0.875. The minimum Gasteiger partial charge on any atom is -0.347 e. The van der Waals surface area contributed by atoms with Gasteiger partial charge in [-0.1, -0.05) is 6.92 Å². The topological polar surface area (TPSA) is 23.6 Å². The highest BCUT2D eigenvalue weighted by molar-refractivity contribution is 5.81. The highest BCUT2D eigenvalue weighted by atomic mass is 16.2. The maximum Gasteiger partial charge on any atom is 0.239 e. The Kier molecular flexibility index (Phi) is 4.11. The molecule has 0 fully saturated rings. The molecule has 0 aliphatic rings. The van der Waals surface area contributed by atoms with Crippen LogP contribution in [0.1, 0.15) is 13.3 Å². The van der Waals surface area contributed by atoms with Gasteiger partial charge in [0.05, 0.1) is 6.04 Å². The predicted molar refractivity (Wildman–Crippen MR) is 46.5 cm³/mol. The summed E-state index contributed by atoms with van der Waals surface area (Å²) in [7, 11) is 7.42. The number of hydrogen-bond donors (Lipinski definition) is 0. The summed E-state index contributed by atoms with van der Waals surface area (Å²) in [6.45, 7) is 2.02. The third kappa shape index (κ3) is 2.89. The molecule has 1 amide bonds. The van der Waals surface area contributed by atoms with Crippen molar-refractivity contribution >= 4 is 5.91 Å². The molecule has 0 radical (unpaired) electrons. The van der Waals surface area contributed by atoms with Gasteiger partial charge < -0.3 is 4.90 Å². The molecular weight excluding hydrogens is 140 g/mol. The number of carbonyl (C=O) groups excluding carboxylic acids is 1. The van der Waals surface area contributed by atoms with Crippen molar-refractivity contribution in [2.24, 2.45) is 0 Å². The lowest BCUT2D eigenvalue weighted by molar-refractivity contribution is -0.133. The summed E-state index contributed by atoms with van der Waals surface area (Å²) in [5.41, 5.74) is 0. The van der Waals surface area contributed by atoms with Gasteiger partial charge in [0.1, 0.15) is 0 Å². The highest BCUT2D eigenvalue weighted by Crippen LogP contribution is 2.01. The number of likely N-dealkylation sites (N-methyl/N-ethyl adjacent to an activating group) is 2. The van der Waals surface area contributed by atoms with Crippen molar-refractivity contribution in [2.45, 2.75) is 19.4 Å². The van der Waals surface area contributed by atoms with Crippen LogP contribution in [0.5, 0.6) is 0 Å². The SMILES string of the molecule is CCC(C(=O)N(C)C)N(C)C. The van der Waals surface area contributed by atoms with E-state index in [1.807, 2.05) is 25.9 Å². The van der Waals surface area contributed by atoms with Crippen molar-refractivity contribution < 1.29 is 4.79 Å². The van der Waals surface area contributed by atoms with Crippen LogP contribution < -0.4 is 0 Å². The van der Waals surface area contributed by atoms with Crippen LogP contribution in [0.25, 0.3) is 0 Å². The number of hydrogen-bond acceptors (Lipinski definition) is 2. The predicted octanol–water partition coefficient (Wildman–Crippen LogP) is 0.415. The van der Waals surface area contributed by atoms with Crippen LogP contribution in [-0.4, -0.2) is 49.9 Å². The van der Waals surface area contributed by atoms with Crippen LogP contribution in [0.2, 0.25) is 0 Å². The number of nitrogens with zero attached hydrogens (tertiary/aromatic N) is 2. The van der Waals surface area contributed by atoms with E-state index >= 15 is 0 Å². The first kappa shape index (κ1) is 10.4. The Morgan fingerprint density at radius 3 is 1.82 bits per heavy atom. The van der Waals surface area contributed by atoms with Crippen molar-refractivity contribution in [3.63, 3.8) is 0 Å². The van der Waals surface area contributed by atoms with Gasteiger partial charge in [0.25, 0.3) is 0 Å². The van der Waals surface area contributed by atoms with Crippen molar-refractivity contribution in [3.05, 3.63) is 0 Å². The maximum absolute atomic E-state index is 11.4. The largest absolute Gasteiger partial charge is 0.347 e. The Labute approximate surface area is 69.0 Å². The minimum atomic E-state index is 0.0324. The van der Waals surface area contributed by atoms with Crippen molar-refractivity contribution in [1.82, 2.24) is 9.80 Å². The van der Waals surface area contributed by atoms with Crippen LogP contribution in [0.4, 0.5) is 0 Å². The lowest BCUT2D eigenvalue weighted by Gasteiger charge is -2.24. The summed E-state index contributed by atoms with van der Waals surface area (Å²) in [4.78, 5) is 15.0. The van der Waals surface area contributed by atoms with Gasteiger partial charge >= 0.3 is 0 Å². The third-order valence-corrected chi connectivity index (χ3v) is 1.74. The van der Waals surface area contributed by atoms with E-state index in [0.717, 1.165) is 6.42 Å². The monoisotopic (exact) mass is 158 g/mol. The molecular formula is C8H18N2O. The highest BCUT2D eigenvalue weighted by Gasteiger charge is 2.19. The average molecular weight is 158 g/mol.